The van der Waals surface area contributed by atoms with Gasteiger partial charge in [-0.3, -0.25) is 9.59 Å². The van der Waals surface area contributed by atoms with Crippen LogP contribution in [0.1, 0.15) is 69.8 Å². The SMILES string of the molecule is CN(C(=O)OC1CCC(C(F)(F)F)CC1)C1CN(C(=O)C2CCN(C(=O)C3(C)CC3)CC2)C[C@@H]1c1ccc(Cl)c(Cl)c1. The topological polar surface area (TPSA) is 70.2 Å². The summed E-state index contributed by atoms with van der Waals surface area (Å²) in [6, 6.07) is 4.84. The molecule has 4 aliphatic rings. The van der Waals surface area contributed by atoms with Crippen LogP contribution < -0.4 is 0 Å². The largest absolute Gasteiger partial charge is 0.446 e. The monoisotopic (exact) mass is 631 g/mol. The summed E-state index contributed by atoms with van der Waals surface area (Å²) < 4.78 is 44.9. The first-order valence-corrected chi connectivity index (χ1v) is 15.6. The number of alkyl halides is 3. The fraction of sp³-hybridized carbons (Fsp3) is 0.700. The molecule has 2 atom stereocenters. The van der Waals surface area contributed by atoms with Gasteiger partial charge in [0.25, 0.3) is 0 Å². The van der Waals surface area contributed by atoms with E-state index in [1.165, 1.54) is 4.90 Å². The van der Waals surface area contributed by atoms with E-state index in [0.29, 0.717) is 42.5 Å². The van der Waals surface area contributed by atoms with E-state index in [0.717, 1.165) is 18.4 Å². The van der Waals surface area contributed by atoms with Gasteiger partial charge < -0.3 is 19.4 Å². The van der Waals surface area contributed by atoms with Crippen molar-refractivity contribution in [2.75, 3.05) is 33.2 Å². The molecule has 3 amide bonds. The molecule has 2 aliphatic carbocycles. The molecule has 1 aromatic carbocycles. The summed E-state index contributed by atoms with van der Waals surface area (Å²) in [6.45, 7) is 3.76. The predicted octanol–water partition coefficient (Wildman–Crippen LogP) is 6.52. The number of rotatable bonds is 5. The first kappa shape index (κ1) is 31.2. The molecular weight excluding hydrogens is 594 g/mol. The van der Waals surface area contributed by atoms with Gasteiger partial charge in [-0.25, -0.2) is 4.79 Å². The fourth-order valence-electron chi connectivity index (χ4n) is 6.67. The lowest BCUT2D eigenvalue weighted by molar-refractivity contribution is -0.186. The van der Waals surface area contributed by atoms with Crippen LogP contribution in [0, 0.1) is 17.3 Å². The Bertz CT molecular complexity index is 1190. The van der Waals surface area contributed by atoms with Crippen molar-refractivity contribution in [1.82, 2.24) is 14.7 Å². The second-order valence-corrected chi connectivity index (χ2v) is 13.5. The molecule has 12 heteroatoms. The van der Waals surface area contributed by atoms with Gasteiger partial charge in [-0.05, 0) is 69.1 Å². The quantitative estimate of drug-likeness (QED) is 0.371. The van der Waals surface area contributed by atoms with E-state index in [1.54, 1.807) is 24.1 Å². The second kappa shape index (κ2) is 12.1. The third kappa shape index (κ3) is 6.64. The number of carbonyl (C=O) groups is 3. The van der Waals surface area contributed by atoms with Gasteiger partial charge in [0.2, 0.25) is 11.8 Å². The van der Waals surface area contributed by atoms with Gasteiger partial charge in [0.1, 0.15) is 6.10 Å². The molecule has 2 saturated carbocycles. The number of amides is 3. The number of likely N-dealkylation sites (N-methyl/N-ethyl adjacent to an activating group) is 1. The second-order valence-electron chi connectivity index (χ2n) is 12.7. The maximum Gasteiger partial charge on any atom is 0.410 e. The molecule has 2 saturated heterocycles. The molecule has 7 nitrogen and oxygen atoms in total. The predicted molar refractivity (Wildman–Crippen MR) is 152 cm³/mol. The summed E-state index contributed by atoms with van der Waals surface area (Å²) in [5, 5.41) is 0.761. The van der Waals surface area contributed by atoms with Crippen LogP contribution in [0.3, 0.4) is 0 Å². The maximum atomic E-state index is 13.7. The maximum absolute atomic E-state index is 13.7. The lowest BCUT2D eigenvalue weighted by atomic mass is 9.87. The van der Waals surface area contributed by atoms with E-state index < -0.39 is 30.3 Å². The standard InChI is InChI=1S/C30H38Cl2F3N3O4/c1-29(11-12-29)27(40)37-13-9-18(10-14-37)26(39)38-16-22(19-3-8-23(31)24(32)15-19)25(17-38)36(2)28(41)42-21-6-4-20(5-7-21)30(33,34)35/h3,8,15,18,20-22,25H,4-7,9-14,16-17H2,1-2H3/t20?,21?,22-,25?/m1/s1. The van der Waals surface area contributed by atoms with E-state index >= 15 is 0 Å². The average molecular weight is 633 g/mol. The Morgan fingerprint density at radius 1 is 0.952 bits per heavy atom. The Labute approximate surface area is 254 Å². The van der Waals surface area contributed by atoms with Crippen molar-refractivity contribution < 1.29 is 32.3 Å². The number of nitrogens with zero attached hydrogens (tertiary/aromatic N) is 3. The molecule has 0 spiro atoms. The number of hydrogen-bond donors (Lipinski definition) is 0. The number of carbonyl (C=O) groups excluding carboxylic acids is 3. The Morgan fingerprint density at radius 3 is 2.17 bits per heavy atom. The zero-order chi connectivity index (χ0) is 30.4. The molecule has 2 heterocycles. The summed E-state index contributed by atoms with van der Waals surface area (Å²) in [6.07, 6.45) is -2.21. The Morgan fingerprint density at radius 2 is 1.60 bits per heavy atom. The number of hydrogen-bond acceptors (Lipinski definition) is 4. The average Bonchev–Trinajstić information content (AvgIpc) is 3.56. The van der Waals surface area contributed by atoms with Gasteiger partial charge in [-0.15, -0.1) is 0 Å². The van der Waals surface area contributed by atoms with Gasteiger partial charge >= 0.3 is 12.3 Å². The molecular formula is C30H38Cl2F3N3O4. The smallest absolute Gasteiger partial charge is 0.410 e. The molecule has 232 valence electrons. The van der Waals surface area contributed by atoms with Crippen LogP contribution in [0.25, 0.3) is 0 Å². The van der Waals surface area contributed by atoms with Gasteiger partial charge in [-0.2, -0.15) is 13.2 Å². The first-order chi connectivity index (χ1) is 19.8. The molecule has 1 unspecified atom stereocenters. The van der Waals surface area contributed by atoms with Crippen LogP contribution in [0.4, 0.5) is 18.0 Å². The lowest BCUT2D eigenvalue weighted by Crippen LogP contribution is -2.47. The summed E-state index contributed by atoms with van der Waals surface area (Å²) in [7, 11) is 1.61. The number of ether oxygens (including phenoxy) is 1. The van der Waals surface area contributed by atoms with Crippen LogP contribution >= 0.6 is 23.2 Å². The highest BCUT2D eigenvalue weighted by atomic mass is 35.5. The first-order valence-electron chi connectivity index (χ1n) is 14.8. The Kier molecular flexibility index (Phi) is 8.97. The van der Waals surface area contributed by atoms with Gasteiger partial charge in [0.15, 0.2) is 0 Å². The van der Waals surface area contributed by atoms with Crippen molar-refractivity contribution >= 4 is 41.1 Å². The Hall–Kier alpha value is -2.20. The summed E-state index contributed by atoms with van der Waals surface area (Å²) in [4.78, 5) is 44.8. The highest BCUT2D eigenvalue weighted by Crippen LogP contribution is 2.47. The highest BCUT2D eigenvalue weighted by Gasteiger charge is 2.49. The molecule has 0 bridgehead atoms. The van der Waals surface area contributed by atoms with Crippen LogP contribution in [-0.2, 0) is 14.3 Å². The van der Waals surface area contributed by atoms with Gasteiger partial charge in [0.05, 0.1) is 22.0 Å². The number of piperidine rings is 1. The molecule has 0 N–H and O–H groups in total. The van der Waals surface area contributed by atoms with E-state index in [4.69, 9.17) is 27.9 Å². The third-order valence-corrected chi connectivity index (χ3v) is 10.5. The zero-order valence-corrected chi connectivity index (χ0v) is 25.5. The molecule has 42 heavy (non-hydrogen) atoms. The summed E-state index contributed by atoms with van der Waals surface area (Å²) >= 11 is 12.5. The van der Waals surface area contributed by atoms with Crippen molar-refractivity contribution in [2.24, 2.45) is 17.3 Å². The van der Waals surface area contributed by atoms with Gasteiger partial charge in [-0.1, -0.05) is 36.2 Å². The molecule has 0 radical (unpaired) electrons. The minimum absolute atomic E-state index is 0.000432. The van der Waals surface area contributed by atoms with Crippen molar-refractivity contribution in [3.05, 3.63) is 33.8 Å². The lowest BCUT2D eigenvalue weighted by Gasteiger charge is -2.35. The zero-order valence-electron chi connectivity index (χ0n) is 24.0. The van der Waals surface area contributed by atoms with Crippen LogP contribution in [-0.4, -0.2) is 84.2 Å². The summed E-state index contributed by atoms with van der Waals surface area (Å²) in [5.74, 6) is -1.66. The molecule has 0 aromatic heterocycles. The van der Waals surface area contributed by atoms with Crippen molar-refractivity contribution in [3.63, 3.8) is 0 Å². The van der Waals surface area contributed by atoms with Crippen LogP contribution in [0.2, 0.25) is 10.0 Å². The number of likely N-dealkylation sites (tertiary alicyclic amines) is 2. The van der Waals surface area contributed by atoms with Crippen molar-refractivity contribution in [1.29, 1.82) is 0 Å². The normalized spacial score (nSPS) is 28.0. The minimum atomic E-state index is -4.24. The Balaban J connectivity index is 1.25. The number of halogens is 5. The fourth-order valence-corrected chi connectivity index (χ4v) is 6.98. The van der Waals surface area contributed by atoms with E-state index in [2.05, 4.69) is 0 Å². The van der Waals surface area contributed by atoms with Gasteiger partial charge in [0, 0.05) is 50.5 Å². The molecule has 2 aliphatic heterocycles. The highest BCUT2D eigenvalue weighted by molar-refractivity contribution is 6.42. The molecule has 1 aromatic rings. The van der Waals surface area contributed by atoms with E-state index in [-0.39, 0.29) is 61.3 Å². The van der Waals surface area contributed by atoms with Crippen molar-refractivity contribution in [3.8, 4) is 0 Å². The van der Waals surface area contributed by atoms with Crippen LogP contribution in [0.15, 0.2) is 18.2 Å². The molecule has 5 rings (SSSR count). The van der Waals surface area contributed by atoms with E-state index in [9.17, 15) is 27.6 Å². The minimum Gasteiger partial charge on any atom is -0.446 e. The van der Waals surface area contributed by atoms with Crippen molar-refractivity contribution in [2.45, 2.75) is 82.5 Å². The summed E-state index contributed by atoms with van der Waals surface area (Å²) in [5.41, 5.74) is 0.594. The molecule has 4 fully saturated rings. The van der Waals surface area contributed by atoms with E-state index in [1.807, 2.05) is 17.9 Å². The van der Waals surface area contributed by atoms with Crippen LogP contribution in [0.5, 0.6) is 0 Å². The number of benzene rings is 1. The third-order valence-electron chi connectivity index (χ3n) is 9.81.